The summed E-state index contributed by atoms with van der Waals surface area (Å²) in [5.41, 5.74) is 7.59. The maximum Gasteiger partial charge on any atom is 0.227 e. The van der Waals surface area contributed by atoms with Gasteiger partial charge in [-0.2, -0.15) is 10.2 Å². The van der Waals surface area contributed by atoms with Crippen LogP contribution in [0.25, 0.3) is 0 Å². The predicted molar refractivity (Wildman–Crippen MR) is 107 cm³/mol. The highest BCUT2D eigenvalue weighted by Gasteiger charge is 2.27. The molecule has 144 valence electrons. The van der Waals surface area contributed by atoms with E-state index in [0.717, 1.165) is 39.1 Å². The van der Waals surface area contributed by atoms with Crippen molar-refractivity contribution in [2.24, 2.45) is 4.99 Å². The smallest absolute Gasteiger partial charge is 0.227 e. The number of carbonyl (C=O) groups excluding carboxylic acids is 1. The Morgan fingerprint density at radius 2 is 1.97 bits per heavy atom. The van der Waals surface area contributed by atoms with Crippen molar-refractivity contribution in [1.82, 2.24) is 15.1 Å². The van der Waals surface area contributed by atoms with Crippen LogP contribution >= 0.6 is 0 Å². The minimum absolute atomic E-state index is 0.0231. The van der Waals surface area contributed by atoms with Crippen LogP contribution in [0.4, 0.5) is 4.39 Å². The fourth-order valence-electron chi connectivity index (χ4n) is 4.03. The topological polar surface area (TPSA) is 58.5 Å². The first kappa shape index (κ1) is 17.7. The quantitative estimate of drug-likeness (QED) is 0.694. The molecule has 29 heavy (non-hydrogen) atoms. The minimum Gasteiger partial charge on any atom is -0.334 e. The molecule has 2 aromatic carbocycles. The summed E-state index contributed by atoms with van der Waals surface area (Å²) in [4.78, 5) is 19.1. The lowest BCUT2D eigenvalue weighted by Gasteiger charge is -2.29. The standard InChI is InChI=1S/C23H19FN4O/c1-14-2-3-16(21(24)6-14)12-28-13-19-8-20-18(7-17(19)9-22(28)29)10-25-23(20)15-4-5-26-27-11-15/h2-8,11H,9-10,12-13H2,1H3. The first-order valence-electron chi connectivity index (χ1n) is 9.58. The summed E-state index contributed by atoms with van der Waals surface area (Å²) in [5.74, 6) is -0.243. The van der Waals surface area contributed by atoms with Crippen molar-refractivity contribution in [2.75, 3.05) is 0 Å². The Labute approximate surface area is 167 Å². The lowest BCUT2D eigenvalue weighted by atomic mass is 9.91. The van der Waals surface area contributed by atoms with Gasteiger partial charge in [-0.1, -0.05) is 18.2 Å². The molecule has 2 aliphatic rings. The van der Waals surface area contributed by atoms with Crippen LogP contribution in [0.3, 0.4) is 0 Å². The highest BCUT2D eigenvalue weighted by atomic mass is 19.1. The molecule has 5 nitrogen and oxygen atoms in total. The van der Waals surface area contributed by atoms with E-state index in [1.807, 2.05) is 19.1 Å². The molecule has 0 saturated carbocycles. The van der Waals surface area contributed by atoms with Gasteiger partial charge in [0.15, 0.2) is 0 Å². The van der Waals surface area contributed by atoms with E-state index < -0.39 is 0 Å². The fraction of sp³-hybridized carbons (Fsp3) is 0.217. The van der Waals surface area contributed by atoms with Gasteiger partial charge in [-0.15, -0.1) is 0 Å². The molecule has 6 heteroatoms. The summed E-state index contributed by atoms with van der Waals surface area (Å²) in [7, 11) is 0. The number of hydrogen-bond acceptors (Lipinski definition) is 4. The average Bonchev–Trinajstić information content (AvgIpc) is 3.12. The Kier molecular flexibility index (Phi) is 4.19. The molecule has 0 unspecified atom stereocenters. The SMILES string of the molecule is Cc1ccc(CN2Cc3cc4c(cc3CC2=O)CN=C4c2ccnnc2)c(F)c1. The third-order valence-corrected chi connectivity index (χ3v) is 5.57. The molecular weight excluding hydrogens is 367 g/mol. The van der Waals surface area contributed by atoms with Crippen LogP contribution in [0.2, 0.25) is 0 Å². The number of benzene rings is 2. The Balaban J connectivity index is 1.45. The molecule has 0 saturated heterocycles. The zero-order valence-electron chi connectivity index (χ0n) is 16.0. The molecule has 0 atom stereocenters. The third kappa shape index (κ3) is 3.20. The second-order valence-electron chi connectivity index (χ2n) is 7.60. The number of aliphatic imine (C=N–C) groups is 1. The van der Waals surface area contributed by atoms with Crippen LogP contribution in [-0.2, 0) is 30.8 Å². The van der Waals surface area contributed by atoms with Crippen LogP contribution in [-0.4, -0.2) is 26.7 Å². The lowest BCUT2D eigenvalue weighted by molar-refractivity contribution is -0.132. The monoisotopic (exact) mass is 386 g/mol. The molecule has 0 spiro atoms. The number of hydrogen-bond donors (Lipinski definition) is 0. The van der Waals surface area contributed by atoms with E-state index in [4.69, 9.17) is 0 Å². The molecular formula is C23H19FN4O. The van der Waals surface area contributed by atoms with Crippen molar-refractivity contribution in [2.45, 2.75) is 33.0 Å². The van der Waals surface area contributed by atoms with Gasteiger partial charge in [-0.25, -0.2) is 4.39 Å². The average molecular weight is 386 g/mol. The highest BCUT2D eigenvalue weighted by Crippen LogP contribution is 2.30. The molecule has 0 fully saturated rings. The van der Waals surface area contributed by atoms with Crippen molar-refractivity contribution in [3.63, 3.8) is 0 Å². The summed E-state index contributed by atoms with van der Waals surface area (Å²) in [6.07, 6.45) is 3.70. The van der Waals surface area contributed by atoms with Crippen LogP contribution < -0.4 is 0 Å². The van der Waals surface area contributed by atoms with Crippen molar-refractivity contribution >= 4 is 11.6 Å². The number of fused-ring (bicyclic) bond motifs is 2. The predicted octanol–water partition coefficient (Wildman–Crippen LogP) is 3.36. The summed E-state index contributed by atoms with van der Waals surface area (Å²) in [6, 6.07) is 11.3. The van der Waals surface area contributed by atoms with Crippen molar-refractivity contribution in [3.8, 4) is 0 Å². The van der Waals surface area contributed by atoms with Gasteiger partial charge in [-0.05, 0) is 47.4 Å². The van der Waals surface area contributed by atoms with Crippen molar-refractivity contribution < 1.29 is 9.18 Å². The number of aromatic nitrogens is 2. The van der Waals surface area contributed by atoms with E-state index in [1.165, 1.54) is 6.07 Å². The first-order chi connectivity index (χ1) is 14.1. The number of halogens is 1. The molecule has 0 N–H and O–H groups in total. The lowest BCUT2D eigenvalue weighted by Crippen LogP contribution is -2.36. The summed E-state index contributed by atoms with van der Waals surface area (Å²) in [5, 5.41) is 7.79. The molecule has 1 aromatic heterocycles. The van der Waals surface area contributed by atoms with Gasteiger partial charge in [0.25, 0.3) is 0 Å². The summed E-state index contributed by atoms with van der Waals surface area (Å²) < 4.78 is 14.3. The number of aryl methyl sites for hydroxylation is 1. The zero-order valence-corrected chi connectivity index (χ0v) is 16.0. The van der Waals surface area contributed by atoms with Crippen LogP contribution in [0.1, 0.15) is 38.9 Å². The molecule has 1 amide bonds. The Bertz CT molecular complexity index is 1160. The largest absolute Gasteiger partial charge is 0.334 e. The Morgan fingerprint density at radius 1 is 1.07 bits per heavy atom. The molecule has 0 radical (unpaired) electrons. The Hall–Kier alpha value is -3.41. The van der Waals surface area contributed by atoms with Gasteiger partial charge in [0, 0.05) is 29.8 Å². The number of amides is 1. The van der Waals surface area contributed by atoms with Gasteiger partial charge in [0.05, 0.1) is 31.1 Å². The minimum atomic E-state index is -0.267. The Morgan fingerprint density at radius 3 is 2.76 bits per heavy atom. The zero-order chi connectivity index (χ0) is 20.0. The fourth-order valence-corrected chi connectivity index (χ4v) is 4.03. The van der Waals surface area contributed by atoms with Gasteiger partial charge < -0.3 is 4.90 Å². The van der Waals surface area contributed by atoms with E-state index in [0.29, 0.717) is 25.1 Å². The van der Waals surface area contributed by atoms with Gasteiger partial charge >= 0.3 is 0 Å². The van der Waals surface area contributed by atoms with Gasteiger partial charge in [0.2, 0.25) is 5.91 Å². The molecule has 2 aliphatic heterocycles. The van der Waals surface area contributed by atoms with E-state index in [1.54, 1.807) is 23.4 Å². The van der Waals surface area contributed by atoms with Crippen LogP contribution in [0.15, 0.2) is 53.8 Å². The van der Waals surface area contributed by atoms with E-state index in [-0.39, 0.29) is 18.3 Å². The maximum atomic E-state index is 14.3. The maximum absolute atomic E-state index is 14.3. The first-order valence-corrected chi connectivity index (χ1v) is 9.58. The number of nitrogens with zero attached hydrogens (tertiary/aromatic N) is 4. The second kappa shape index (κ2) is 6.88. The molecule has 3 heterocycles. The number of rotatable bonds is 3. The molecule has 3 aromatic rings. The van der Waals surface area contributed by atoms with E-state index >= 15 is 0 Å². The van der Waals surface area contributed by atoms with Crippen molar-refractivity contribution in [3.05, 3.63) is 93.6 Å². The van der Waals surface area contributed by atoms with Gasteiger partial charge in [0.1, 0.15) is 5.82 Å². The number of carbonyl (C=O) groups is 1. The third-order valence-electron chi connectivity index (χ3n) is 5.57. The van der Waals surface area contributed by atoms with E-state index in [2.05, 4.69) is 27.3 Å². The summed E-state index contributed by atoms with van der Waals surface area (Å²) >= 11 is 0. The van der Waals surface area contributed by atoms with Crippen molar-refractivity contribution in [1.29, 1.82) is 0 Å². The molecule has 0 aliphatic carbocycles. The van der Waals surface area contributed by atoms with E-state index in [9.17, 15) is 9.18 Å². The molecule has 5 rings (SSSR count). The highest BCUT2D eigenvalue weighted by molar-refractivity contribution is 6.15. The van der Waals surface area contributed by atoms with Crippen LogP contribution in [0.5, 0.6) is 0 Å². The van der Waals surface area contributed by atoms with Gasteiger partial charge in [-0.3, -0.25) is 9.79 Å². The molecule has 0 bridgehead atoms. The normalized spacial score (nSPS) is 15.2. The second-order valence-corrected chi connectivity index (χ2v) is 7.60. The summed E-state index contributed by atoms with van der Waals surface area (Å²) in [6.45, 7) is 3.20. The van der Waals surface area contributed by atoms with Crippen LogP contribution in [0, 0.1) is 12.7 Å².